The number of para-hydroxylation sites is 2. The van der Waals surface area contributed by atoms with E-state index in [9.17, 15) is 14.9 Å². The summed E-state index contributed by atoms with van der Waals surface area (Å²) in [5, 5.41) is 14.3. The maximum absolute atomic E-state index is 12.3. The lowest BCUT2D eigenvalue weighted by molar-refractivity contribution is -0.386. The number of nitro groups is 1. The molecule has 0 bridgehead atoms. The summed E-state index contributed by atoms with van der Waals surface area (Å²) in [5.41, 5.74) is 1.19. The topological polar surface area (TPSA) is 94.6 Å². The number of rotatable bonds is 6. The SMILES string of the molecule is Cc1c(Cl)cccc1NC(=O)c1ccc(COc2ccccc2[N+](=O)[O-])o1. The zero-order valence-electron chi connectivity index (χ0n) is 14.3. The van der Waals surface area contributed by atoms with Gasteiger partial charge in [-0.05, 0) is 42.8 Å². The average Bonchev–Trinajstić information content (AvgIpc) is 3.13. The molecule has 0 unspecified atom stereocenters. The minimum atomic E-state index is -0.524. The molecule has 8 heteroatoms. The summed E-state index contributed by atoms with van der Waals surface area (Å²) < 4.78 is 10.9. The van der Waals surface area contributed by atoms with Crippen molar-refractivity contribution >= 4 is 28.9 Å². The van der Waals surface area contributed by atoms with Gasteiger partial charge in [0.25, 0.3) is 5.91 Å². The first-order valence-electron chi connectivity index (χ1n) is 7.97. The number of anilines is 1. The van der Waals surface area contributed by atoms with Crippen LogP contribution in [0.4, 0.5) is 11.4 Å². The summed E-state index contributed by atoms with van der Waals surface area (Å²) in [5.74, 6) is 0.147. The summed E-state index contributed by atoms with van der Waals surface area (Å²) in [6.45, 7) is 1.75. The molecule has 138 valence electrons. The van der Waals surface area contributed by atoms with Gasteiger partial charge in [-0.3, -0.25) is 14.9 Å². The van der Waals surface area contributed by atoms with Gasteiger partial charge in [0.2, 0.25) is 0 Å². The van der Waals surface area contributed by atoms with Gasteiger partial charge in [-0.2, -0.15) is 0 Å². The molecule has 1 amide bonds. The van der Waals surface area contributed by atoms with Crippen LogP contribution in [0.5, 0.6) is 5.75 Å². The molecule has 1 aromatic heterocycles. The number of ether oxygens (including phenoxy) is 1. The molecular weight excluding hydrogens is 372 g/mol. The fraction of sp³-hybridized carbons (Fsp3) is 0.105. The second-order valence-corrected chi connectivity index (χ2v) is 6.05. The van der Waals surface area contributed by atoms with Crippen LogP contribution in [-0.4, -0.2) is 10.8 Å². The standard InChI is InChI=1S/C19H15ClN2O5/c1-12-14(20)5-4-6-15(12)21-19(23)18-10-9-13(27-18)11-26-17-8-3-2-7-16(17)22(24)25/h2-10H,11H2,1H3,(H,21,23). The van der Waals surface area contributed by atoms with Crippen LogP contribution in [0.2, 0.25) is 5.02 Å². The summed E-state index contributed by atoms with van der Waals surface area (Å²) in [6.07, 6.45) is 0. The number of carbonyl (C=O) groups is 1. The number of amides is 1. The molecule has 0 saturated carbocycles. The lowest BCUT2D eigenvalue weighted by atomic mass is 10.2. The van der Waals surface area contributed by atoms with Gasteiger partial charge in [0.1, 0.15) is 12.4 Å². The summed E-state index contributed by atoms with van der Waals surface area (Å²) in [7, 11) is 0. The molecule has 3 rings (SSSR count). The molecule has 0 fully saturated rings. The minimum absolute atomic E-state index is 0.0473. The monoisotopic (exact) mass is 386 g/mol. The Labute approximate surface area is 159 Å². The van der Waals surface area contributed by atoms with Crippen molar-refractivity contribution < 1.29 is 18.9 Å². The van der Waals surface area contributed by atoms with E-state index in [1.54, 1.807) is 43.3 Å². The van der Waals surface area contributed by atoms with E-state index in [0.717, 1.165) is 5.56 Å². The van der Waals surface area contributed by atoms with E-state index in [-0.39, 0.29) is 23.8 Å². The summed E-state index contributed by atoms with van der Waals surface area (Å²) >= 11 is 6.04. The molecule has 0 atom stereocenters. The number of nitrogens with one attached hydrogen (secondary N) is 1. The smallest absolute Gasteiger partial charge is 0.310 e. The van der Waals surface area contributed by atoms with E-state index in [0.29, 0.717) is 16.5 Å². The summed E-state index contributed by atoms with van der Waals surface area (Å²) in [4.78, 5) is 22.8. The van der Waals surface area contributed by atoms with Gasteiger partial charge in [-0.15, -0.1) is 0 Å². The minimum Gasteiger partial charge on any atom is -0.479 e. The molecule has 2 aromatic carbocycles. The van der Waals surface area contributed by atoms with E-state index >= 15 is 0 Å². The van der Waals surface area contributed by atoms with Crippen molar-refractivity contribution in [2.75, 3.05) is 5.32 Å². The van der Waals surface area contributed by atoms with Gasteiger partial charge >= 0.3 is 5.69 Å². The second-order valence-electron chi connectivity index (χ2n) is 5.65. The van der Waals surface area contributed by atoms with E-state index in [2.05, 4.69) is 5.32 Å². The number of carbonyl (C=O) groups excluding carboxylic acids is 1. The number of nitrogens with zero attached hydrogens (tertiary/aromatic N) is 1. The van der Waals surface area contributed by atoms with Gasteiger partial charge in [0, 0.05) is 16.8 Å². The highest BCUT2D eigenvalue weighted by atomic mass is 35.5. The Morgan fingerprint density at radius 2 is 1.96 bits per heavy atom. The lowest BCUT2D eigenvalue weighted by Gasteiger charge is -2.08. The van der Waals surface area contributed by atoms with Crippen LogP contribution in [-0.2, 0) is 6.61 Å². The number of benzene rings is 2. The van der Waals surface area contributed by atoms with Gasteiger partial charge in [-0.25, -0.2) is 0 Å². The van der Waals surface area contributed by atoms with Gasteiger partial charge in [0.05, 0.1) is 4.92 Å². The van der Waals surface area contributed by atoms with Gasteiger partial charge in [0.15, 0.2) is 11.5 Å². The average molecular weight is 387 g/mol. The first kappa shape index (κ1) is 18.5. The number of furan rings is 1. The van der Waals surface area contributed by atoms with E-state index in [1.807, 2.05) is 0 Å². The number of hydrogen-bond acceptors (Lipinski definition) is 5. The number of halogens is 1. The lowest BCUT2D eigenvalue weighted by Crippen LogP contribution is -2.12. The molecule has 7 nitrogen and oxygen atoms in total. The van der Waals surface area contributed by atoms with Crippen molar-refractivity contribution in [1.29, 1.82) is 0 Å². The predicted molar refractivity (Wildman–Crippen MR) is 100 cm³/mol. The van der Waals surface area contributed by atoms with Crippen LogP contribution >= 0.6 is 11.6 Å². The number of nitro benzene ring substituents is 1. The van der Waals surface area contributed by atoms with E-state index < -0.39 is 10.8 Å². The van der Waals surface area contributed by atoms with Crippen molar-refractivity contribution in [3.05, 3.63) is 86.8 Å². The highest BCUT2D eigenvalue weighted by Crippen LogP contribution is 2.27. The van der Waals surface area contributed by atoms with Crippen LogP contribution in [0, 0.1) is 17.0 Å². The second kappa shape index (κ2) is 7.92. The first-order valence-corrected chi connectivity index (χ1v) is 8.35. The molecule has 0 spiro atoms. The van der Waals surface area contributed by atoms with Crippen molar-refractivity contribution in [2.24, 2.45) is 0 Å². The normalized spacial score (nSPS) is 10.4. The van der Waals surface area contributed by atoms with Crippen molar-refractivity contribution in [3.63, 3.8) is 0 Å². The quantitative estimate of drug-likeness (QED) is 0.476. The third-order valence-corrected chi connectivity index (χ3v) is 4.24. The Morgan fingerprint density at radius 1 is 1.19 bits per heavy atom. The molecule has 0 aliphatic heterocycles. The zero-order valence-corrected chi connectivity index (χ0v) is 15.0. The Kier molecular flexibility index (Phi) is 5.42. The summed E-state index contributed by atoms with van der Waals surface area (Å²) in [6, 6.07) is 14.3. The van der Waals surface area contributed by atoms with Crippen LogP contribution in [0.1, 0.15) is 21.9 Å². The zero-order chi connectivity index (χ0) is 19.4. The molecule has 1 heterocycles. The molecule has 27 heavy (non-hydrogen) atoms. The predicted octanol–water partition coefficient (Wildman–Crippen LogP) is 4.98. The van der Waals surface area contributed by atoms with Crippen molar-refractivity contribution in [1.82, 2.24) is 0 Å². The van der Waals surface area contributed by atoms with Crippen LogP contribution in [0.15, 0.2) is 59.0 Å². The van der Waals surface area contributed by atoms with E-state index in [4.69, 9.17) is 20.8 Å². The highest BCUT2D eigenvalue weighted by molar-refractivity contribution is 6.31. The first-order chi connectivity index (χ1) is 13.0. The Morgan fingerprint density at radius 3 is 2.74 bits per heavy atom. The van der Waals surface area contributed by atoms with E-state index in [1.165, 1.54) is 18.2 Å². The Bertz CT molecular complexity index is 999. The third-order valence-electron chi connectivity index (χ3n) is 3.83. The van der Waals surface area contributed by atoms with Gasteiger partial charge < -0.3 is 14.5 Å². The van der Waals surface area contributed by atoms with Crippen LogP contribution in [0.3, 0.4) is 0 Å². The van der Waals surface area contributed by atoms with Crippen molar-refractivity contribution in [3.8, 4) is 5.75 Å². The molecular formula is C19H15ClN2O5. The molecule has 0 radical (unpaired) electrons. The maximum Gasteiger partial charge on any atom is 0.310 e. The van der Waals surface area contributed by atoms with Crippen molar-refractivity contribution in [2.45, 2.75) is 13.5 Å². The fourth-order valence-electron chi connectivity index (χ4n) is 2.38. The highest BCUT2D eigenvalue weighted by Gasteiger charge is 2.16. The molecule has 1 N–H and O–H groups in total. The third kappa shape index (κ3) is 4.27. The fourth-order valence-corrected chi connectivity index (χ4v) is 2.56. The Balaban J connectivity index is 1.67. The molecule has 3 aromatic rings. The number of hydrogen-bond donors (Lipinski definition) is 1. The van der Waals surface area contributed by atoms with Crippen LogP contribution < -0.4 is 10.1 Å². The molecule has 0 aliphatic carbocycles. The molecule has 0 saturated heterocycles. The van der Waals surface area contributed by atoms with Crippen LogP contribution in [0.25, 0.3) is 0 Å². The Hall–Kier alpha value is -3.32. The largest absolute Gasteiger partial charge is 0.479 e. The molecule has 0 aliphatic rings. The maximum atomic E-state index is 12.3. The van der Waals surface area contributed by atoms with Gasteiger partial charge in [-0.1, -0.05) is 29.8 Å².